The molecule has 2 aromatic rings. The van der Waals surface area contributed by atoms with Gasteiger partial charge in [0.2, 0.25) is 15.9 Å². The molecule has 1 aromatic heterocycles. The highest BCUT2D eigenvalue weighted by Gasteiger charge is 2.30. The summed E-state index contributed by atoms with van der Waals surface area (Å²) in [5.41, 5.74) is 1.85. The molecule has 1 aromatic carbocycles. The SMILES string of the molecule is CCS(=O)(=O)N1CCC(C(=O)Nc2ncccc2-c2ccccc2)CC1. The number of piperidine rings is 1. The lowest BCUT2D eigenvalue weighted by molar-refractivity contribution is -0.120. The average molecular weight is 373 g/mol. The van der Waals surface area contributed by atoms with Crippen molar-refractivity contribution in [2.24, 2.45) is 5.92 Å². The van der Waals surface area contributed by atoms with Crippen molar-refractivity contribution < 1.29 is 13.2 Å². The van der Waals surface area contributed by atoms with E-state index in [4.69, 9.17) is 0 Å². The zero-order valence-corrected chi connectivity index (χ0v) is 15.6. The second-order valence-electron chi connectivity index (χ2n) is 6.33. The van der Waals surface area contributed by atoms with Crippen molar-refractivity contribution in [3.05, 3.63) is 48.7 Å². The van der Waals surface area contributed by atoms with E-state index in [0.717, 1.165) is 11.1 Å². The van der Waals surface area contributed by atoms with Crippen LogP contribution in [-0.4, -0.2) is 42.5 Å². The molecule has 1 N–H and O–H groups in total. The summed E-state index contributed by atoms with van der Waals surface area (Å²) >= 11 is 0. The van der Waals surface area contributed by atoms with Crippen molar-refractivity contribution in [3.63, 3.8) is 0 Å². The van der Waals surface area contributed by atoms with Gasteiger partial charge in [-0.2, -0.15) is 0 Å². The summed E-state index contributed by atoms with van der Waals surface area (Å²) in [5, 5.41) is 2.93. The van der Waals surface area contributed by atoms with Gasteiger partial charge in [0.05, 0.1) is 5.75 Å². The molecule has 1 fully saturated rings. The number of carbonyl (C=O) groups is 1. The van der Waals surface area contributed by atoms with E-state index in [2.05, 4.69) is 10.3 Å². The van der Waals surface area contributed by atoms with E-state index in [1.54, 1.807) is 13.1 Å². The number of amides is 1. The zero-order chi connectivity index (χ0) is 18.6. The first-order chi connectivity index (χ1) is 12.5. The summed E-state index contributed by atoms with van der Waals surface area (Å²) < 4.78 is 25.4. The highest BCUT2D eigenvalue weighted by atomic mass is 32.2. The fourth-order valence-corrected chi connectivity index (χ4v) is 4.29. The van der Waals surface area contributed by atoms with Gasteiger partial charge in [-0.25, -0.2) is 17.7 Å². The molecule has 0 atom stereocenters. The third kappa shape index (κ3) is 4.11. The number of anilines is 1. The number of benzene rings is 1. The minimum atomic E-state index is -3.18. The first-order valence-electron chi connectivity index (χ1n) is 8.80. The van der Waals surface area contributed by atoms with E-state index >= 15 is 0 Å². The Labute approximate surface area is 154 Å². The van der Waals surface area contributed by atoms with Crippen molar-refractivity contribution in [1.82, 2.24) is 9.29 Å². The van der Waals surface area contributed by atoms with Crippen molar-refractivity contribution in [2.75, 3.05) is 24.2 Å². The fourth-order valence-electron chi connectivity index (χ4n) is 3.15. The molecule has 6 nitrogen and oxygen atoms in total. The fraction of sp³-hybridized carbons (Fsp3) is 0.368. The van der Waals surface area contributed by atoms with Crippen LogP contribution < -0.4 is 5.32 Å². The Hall–Kier alpha value is -2.25. The van der Waals surface area contributed by atoms with Crippen LogP contribution in [-0.2, 0) is 14.8 Å². The number of hydrogen-bond acceptors (Lipinski definition) is 4. The van der Waals surface area contributed by atoms with Gasteiger partial charge in [-0.3, -0.25) is 4.79 Å². The molecular formula is C19H23N3O3S. The molecule has 138 valence electrons. The number of sulfonamides is 1. The predicted molar refractivity (Wildman–Crippen MR) is 102 cm³/mol. The van der Waals surface area contributed by atoms with Crippen molar-refractivity contribution in [2.45, 2.75) is 19.8 Å². The van der Waals surface area contributed by atoms with Crippen LogP contribution in [0.1, 0.15) is 19.8 Å². The molecule has 0 spiro atoms. The van der Waals surface area contributed by atoms with Gasteiger partial charge in [0, 0.05) is 30.8 Å². The molecule has 0 saturated carbocycles. The van der Waals surface area contributed by atoms with Crippen LogP contribution in [0.25, 0.3) is 11.1 Å². The van der Waals surface area contributed by atoms with Crippen LogP contribution in [0.5, 0.6) is 0 Å². The lowest BCUT2D eigenvalue weighted by Crippen LogP contribution is -2.42. The van der Waals surface area contributed by atoms with Crippen LogP contribution in [0, 0.1) is 5.92 Å². The molecule has 0 radical (unpaired) electrons. The Morgan fingerprint density at radius 2 is 1.85 bits per heavy atom. The zero-order valence-electron chi connectivity index (χ0n) is 14.8. The predicted octanol–water partition coefficient (Wildman–Crippen LogP) is 2.75. The number of aromatic nitrogens is 1. The quantitative estimate of drug-likeness (QED) is 0.874. The lowest BCUT2D eigenvalue weighted by Gasteiger charge is -2.30. The third-order valence-electron chi connectivity index (χ3n) is 4.72. The Kier molecular flexibility index (Phi) is 5.68. The van der Waals surface area contributed by atoms with Gasteiger partial charge in [0.1, 0.15) is 5.82 Å². The van der Waals surface area contributed by atoms with E-state index < -0.39 is 10.0 Å². The number of nitrogens with one attached hydrogen (secondary N) is 1. The standard InChI is InChI=1S/C19H23N3O3S/c1-2-26(24,25)22-13-10-16(11-14-22)19(23)21-18-17(9-6-12-20-18)15-7-4-3-5-8-15/h3-9,12,16H,2,10-11,13-14H2,1H3,(H,20,21,23). The van der Waals surface area contributed by atoms with Crippen LogP contribution in [0.4, 0.5) is 5.82 Å². The number of carbonyl (C=O) groups excluding carboxylic acids is 1. The monoisotopic (exact) mass is 373 g/mol. The summed E-state index contributed by atoms with van der Waals surface area (Å²) in [5.74, 6) is 0.323. The van der Waals surface area contributed by atoms with Crippen LogP contribution in [0.2, 0.25) is 0 Å². The van der Waals surface area contributed by atoms with Crippen molar-refractivity contribution in [1.29, 1.82) is 0 Å². The first kappa shape index (κ1) is 18.5. The first-order valence-corrected chi connectivity index (χ1v) is 10.4. The van der Waals surface area contributed by atoms with Gasteiger partial charge in [0.25, 0.3) is 0 Å². The number of rotatable bonds is 5. The molecule has 1 amide bonds. The van der Waals surface area contributed by atoms with Crippen molar-refractivity contribution >= 4 is 21.7 Å². The second kappa shape index (κ2) is 7.97. The molecule has 1 saturated heterocycles. The molecule has 1 aliphatic rings. The van der Waals surface area contributed by atoms with Crippen LogP contribution in [0.3, 0.4) is 0 Å². The van der Waals surface area contributed by atoms with Crippen molar-refractivity contribution in [3.8, 4) is 11.1 Å². The highest BCUT2D eigenvalue weighted by Crippen LogP contribution is 2.27. The minimum absolute atomic E-state index is 0.0955. The summed E-state index contributed by atoms with van der Waals surface area (Å²) in [6, 6.07) is 13.5. The van der Waals surface area contributed by atoms with Gasteiger partial charge in [-0.15, -0.1) is 0 Å². The van der Waals surface area contributed by atoms with E-state index in [0.29, 0.717) is 31.7 Å². The molecule has 3 rings (SSSR count). The summed E-state index contributed by atoms with van der Waals surface area (Å²) in [4.78, 5) is 17.0. The summed E-state index contributed by atoms with van der Waals surface area (Å²) in [7, 11) is -3.18. The largest absolute Gasteiger partial charge is 0.310 e. The van der Waals surface area contributed by atoms with Crippen LogP contribution in [0.15, 0.2) is 48.7 Å². The molecule has 0 bridgehead atoms. The topological polar surface area (TPSA) is 79.4 Å². The summed E-state index contributed by atoms with van der Waals surface area (Å²) in [6.07, 6.45) is 2.70. The molecule has 7 heteroatoms. The number of pyridine rings is 1. The third-order valence-corrected chi connectivity index (χ3v) is 6.60. The number of nitrogens with zero attached hydrogens (tertiary/aromatic N) is 2. The van der Waals surface area contributed by atoms with Gasteiger partial charge in [-0.1, -0.05) is 30.3 Å². The van der Waals surface area contributed by atoms with Gasteiger partial charge in [-0.05, 0) is 37.5 Å². The smallest absolute Gasteiger partial charge is 0.228 e. The maximum Gasteiger partial charge on any atom is 0.228 e. The van der Waals surface area contributed by atoms with Crippen LogP contribution >= 0.6 is 0 Å². The normalized spacial score (nSPS) is 16.3. The van der Waals surface area contributed by atoms with E-state index in [9.17, 15) is 13.2 Å². The second-order valence-corrected chi connectivity index (χ2v) is 8.59. The van der Waals surface area contributed by atoms with E-state index in [1.165, 1.54) is 4.31 Å². The van der Waals surface area contributed by atoms with E-state index in [-0.39, 0.29) is 17.6 Å². The average Bonchev–Trinajstić information content (AvgIpc) is 2.69. The molecule has 1 aliphatic heterocycles. The minimum Gasteiger partial charge on any atom is -0.310 e. The molecule has 26 heavy (non-hydrogen) atoms. The maximum absolute atomic E-state index is 12.7. The summed E-state index contributed by atoms with van der Waals surface area (Å²) in [6.45, 7) is 2.42. The molecule has 0 aliphatic carbocycles. The lowest BCUT2D eigenvalue weighted by atomic mass is 9.97. The molecule has 2 heterocycles. The van der Waals surface area contributed by atoms with E-state index in [1.807, 2.05) is 42.5 Å². The highest BCUT2D eigenvalue weighted by molar-refractivity contribution is 7.89. The molecular weight excluding hydrogens is 350 g/mol. The Balaban J connectivity index is 1.69. The maximum atomic E-state index is 12.7. The Morgan fingerprint density at radius 1 is 1.15 bits per heavy atom. The van der Waals surface area contributed by atoms with Gasteiger partial charge in [0.15, 0.2) is 0 Å². The molecule has 0 unspecified atom stereocenters. The Bertz CT molecular complexity index is 861. The van der Waals surface area contributed by atoms with Gasteiger partial charge < -0.3 is 5.32 Å². The van der Waals surface area contributed by atoms with Gasteiger partial charge >= 0.3 is 0 Å². The number of hydrogen-bond donors (Lipinski definition) is 1. The Morgan fingerprint density at radius 3 is 2.50 bits per heavy atom.